The van der Waals surface area contributed by atoms with Crippen LogP contribution in [0.15, 0.2) is 6.07 Å². The number of aldehydes is 1. The van der Waals surface area contributed by atoms with E-state index in [1.807, 2.05) is 6.92 Å². The molecule has 0 unspecified atom stereocenters. The standard InChI is InChI=1S/C10H12O3/c1-6-7(2)10(12)8(5-11)4-9(6)13-3/h4-5,12H,1-3H3. The first-order valence-corrected chi connectivity index (χ1v) is 3.94. The molecular formula is C10H12O3. The van der Waals surface area contributed by atoms with Gasteiger partial charge in [-0.15, -0.1) is 0 Å². The third-order valence-corrected chi connectivity index (χ3v) is 2.19. The van der Waals surface area contributed by atoms with Gasteiger partial charge in [0.2, 0.25) is 0 Å². The van der Waals surface area contributed by atoms with Crippen molar-refractivity contribution < 1.29 is 14.6 Å². The Morgan fingerprint density at radius 1 is 1.38 bits per heavy atom. The van der Waals surface area contributed by atoms with Gasteiger partial charge in [0.1, 0.15) is 11.5 Å². The first-order valence-electron chi connectivity index (χ1n) is 3.94. The van der Waals surface area contributed by atoms with Crippen molar-refractivity contribution in [2.24, 2.45) is 0 Å². The lowest BCUT2D eigenvalue weighted by Crippen LogP contribution is -1.94. The molecule has 3 heteroatoms. The van der Waals surface area contributed by atoms with Gasteiger partial charge in [-0.2, -0.15) is 0 Å². The summed E-state index contributed by atoms with van der Waals surface area (Å²) >= 11 is 0. The monoisotopic (exact) mass is 180 g/mol. The lowest BCUT2D eigenvalue weighted by Gasteiger charge is -2.10. The highest BCUT2D eigenvalue weighted by Crippen LogP contribution is 2.31. The molecule has 0 aliphatic heterocycles. The SMILES string of the molecule is COc1cc(C=O)c(O)c(C)c1C. The molecule has 0 amide bonds. The van der Waals surface area contributed by atoms with Crippen LogP contribution in [0.25, 0.3) is 0 Å². The summed E-state index contributed by atoms with van der Waals surface area (Å²) in [6, 6.07) is 1.53. The number of rotatable bonds is 2. The van der Waals surface area contributed by atoms with Crippen LogP contribution in [0.2, 0.25) is 0 Å². The van der Waals surface area contributed by atoms with Gasteiger partial charge >= 0.3 is 0 Å². The fourth-order valence-corrected chi connectivity index (χ4v) is 1.20. The van der Waals surface area contributed by atoms with Crippen LogP contribution < -0.4 is 4.74 Å². The molecule has 0 atom stereocenters. The molecule has 0 fully saturated rings. The summed E-state index contributed by atoms with van der Waals surface area (Å²) < 4.78 is 5.05. The molecule has 1 rings (SSSR count). The van der Waals surface area contributed by atoms with Gasteiger partial charge in [-0.25, -0.2) is 0 Å². The van der Waals surface area contributed by atoms with E-state index in [-0.39, 0.29) is 11.3 Å². The average Bonchev–Trinajstić information content (AvgIpc) is 2.15. The van der Waals surface area contributed by atoms with Crippen molar-refractivity contribution in [1.82, 2.24) is 0 Å². The van der Waals surface area contributed by atoms with Crippen LogP contribution in [0.3, 0.4) is 0 Å². The third kappa shape index (κ3) is 1.49. The van der Waals surface area contributed by atoms with Crippen LogP contribution in [-0.4, -0.2) is 18.5 Å². The van der Waals surface area contributed by atoms with Crippen LogP contribution in [0.5, 0.6) is 11.5 Å². The highest BCUT2D eigenvalue weighted by Gasteiger charge is 2.10. The second-order valence-electron chi connectivity index (χ2n) is 2.88. The number of phenolic OH excluding ortho intramolecular Hbond substituents is 1. The van der Waals surface area contributed by atoms with Crippen LogP contribution in [0.1, 0.15) is 21.5 Å². The normalized spacial score (nSPS) is 9.77. The zero-order chi connectivity index (χ0) is 10.0. The number of carbonyl (C=O) groups is 1. The number of carbonyl (C=O) groups excluding carboxylic acids is 1. The molecule has 0 saturated carbocycles. The summed E-state index contributed by atoms with van der Waals surface area (Å²) in [5, 5.41) is 9.51. The zero-order valence-electron chi connectivity index (χ0n) is 7.92. The molecule has 70 valence electrons. The van der Waals surface area contributed by atoms with Gasteiger partial charge in [-0.3, -0.25) is 4.79 Å². The van der Waals surface area contributed by atoms with Crippen molar-refractivity contribution in [3.8, 4) is 11.5 Å². The zero-order valence-corrected chi connectivity index (χ0v) is 7.92. The molecule has 0 heterocycles. The fourth-order valence-electron chi connectivity index (χ4n) is 1.20. The maximum Gasteiger partial charge on any atom is 0.153 e. The number of hydrogen-bond donors (Lipinski definition) is 1. The molecular weight excluding hydrogens is 168 g/mol. The molecule has 0 radical (unpaired) electrons. The van der Waals surface area contributed by atoms with Gasteiger partial charge in [-0.05, 0) is 31.0 Å². The van der Waals surface area contributed by atoms with Crippen LogP contribution in [0, 0.1) is 13.8 Å². The smallest absolute Gasteiger partial charge is 0.153 e. The van der Waals surface area contributed by atoms with Gasteiger partial charge in [0, 0.05) is 0 Å². The van der Waals surface area contributed by atoms with E-state index in [0.717, 1.165) is 5.56 Å². The van der Waals surface area contributed by atoms with Crippen molar-refractivity contribution in [1.29, 1.82) is 0 Å². The molecule has 3 nitrogen and oxygen atoms in total. The largest absolute Gasteiger partial charge is 0.507 e. The van der Waals surface area contributed by atoms with E-state index in [9.17, 15) is 9.90 Å². The number of ether oxygens (including phenoxy) is 1. The summed E-state index contributed by atoms with van der Waals surface area (Å²) in [4.78, 5) is 10.5. The second-order valence-corrected chi connectivity index (χ2v) is 2.88. The van der Waals surface area contributed by atoms with E-state index in [1.54, 1.807) is 6.92 Å². The lowest BCUT2D eigenvalue weighted by molar-refractivity contribution is 0.112. The van der Waals surface area contributed by atoms with Gasteiger partial charge < -0.3 is 9.84 Å². The first kappa shape index (κ1) is 9.58. The number of hydrogen-bond acceptors (Lipinski definition) is 3. The van der Waals surface area contributed by atoms with Crippen molar-refractivity contribution in [2.45, 2.75) is 13.8 Å². The van der Waals surface area contributed by atoms with Crippen LogP contribution in [0.4, 0.5) is 0 Å². The molecule has 0 aliphatic rings. The Labute approximate surface area is 77.0 Å². The third-order valence-electron chi connectivity index (χ3n) is 2.19. The summed E-state index contributed by atoms with van der Waals surface area (Å²) in [7, 11) is 1.54. The minimum Gasteiger partial charge on any atom is -0.507 e. The van der Waals surface area contributed by atoms with E-state index < -0.39 is 0 Å². The topological polar surface area (TPSA) is 46.5 Å². The summed E-state index contributed by atoms with van der Waals surface area (Å²) in [5.41, 5.74) is 1.80. The highest BCUT2D eigenvalue weighted by molar-refractivity contribution is 5.81. The quantitative estimate of drug-likeness (QED) is 0.706. The lowest BCUT2D eigenvalue weighted by atomic mass is 10.0. The van der Waals surface area contributed by atoms with Gasteiger partial charge in [-0.1, -0.05) is 0 Å². The number of benzene rings is 1. The Morgan fingerprint density at radius 3 is 2.46 bits per heavy atom. The van der Waals surface area contributed by atoms with E-state index in [0.29, 0.717) is 17.6 Å². The Bertz CT molecular complexity index is 343. The first-order chi connectivity index (χ1) is 6.11. The van der Waals surface area contributed by atoms with E-state index in [4.69, 9.17) is 4.74 Å². The van der Waals surface area contributed by atoms with Gasteiger partial charge in [0.05, 0.1) is 12.7 Å². The van der Waals surface area contributed by atoms with E-state index >= 15 is 0 Å². The molecule has 0 aromatic heterocycles. The molecule has 1 aromatic rings. The number of phenols is 1. The molecule has 13 heavy (non-hydrogen) atoms. The van der Waals surface area contributed by atoms with Crippen molar-refractivity contribution in [2.75, 3.05) is 7.11 Å². The minimum atomic E-state index is 0.0355. The van der Waals surface area contributed by atoms with Crippen molar-refractivity contribution in [3.05, 3.63) is 22.8 Å². The van der Waals surface area contributed by atoms with E-state index in [1.165, 1.54) is 13.2 Å². The van der Waals surface area contributed by atoms with Gasteiger partial charge in [0.15, 0.2) is 6.29 Å². The predicted molar refractivity (Wildman–Crippen MR) is 49.5 cm³/mol. The molecule has 1 N–H and O–H groups in total. The number of aromatic hydroxyl groups is 1. The fraction of sp³-hybridized carbons (Fsp3) is 0.300. The van der Waals surface area contributed by atoms with Crippen LogP contribution >= 0.6 is 0 Å². The molecule has 0 saturated heterocycles. The molecule has 1 aromatic carbocycles. The highest BCUT2D eigenvalue weighted by atomic mass is 16.5. The maximum atomic E-state index is 10.5. The van der Waals surface area contributed by atoms with Crippen LogP contribution in [-0.2, 0) is 0 Å². The van der Waals surface area contributed by atoms with Gasteiger partial charge in [0.25, 0.3) is 0 Å². The summed E-state index contributed by atoms with van der Waals surface area (Å²) in [6.45, 7) is 3.59. The Balaban J connectivity index is 3.45. The molecule has 0 aliphatic carbocycles. The molecule has 0 spiro atoms. The van der Waals surface area contributed by atoms with Crippen molar-refractivity contribution in [3.63, 3.8) is 0 Å². The second kappa shape index (κ2) is 3.47. The molecule has 0 bridgehead atoms. The summed E-state index contributed by atoms with van der Waals surface area (Å²) in [5.74, 6) is 0.658. The average molecular weight is 180 g/mol. The predicted octanol–water partition coefficient (Wildman–Crippen LogP) is 1.83. The maximum absolute atomic E-state index is 10.5. The van der Waals surface area contributed by atoms with E-state index in [2.05, 4.69) is 0 Å². The van der Waals surface area contributed by atoms with Crippen molar-refractivity contribution >= 4 is 6.29 Å². The Hall–Kier alpha value is -1.51. The number of methoxy groups -OCH3 is 1. The minimum absolute atomic E-state index is 0.0355. The summed E-state index contributed by atoms with van der Waals surface area (Å²) in [6.07, 6.45) is 0.615. The Morgan fingerprint density at radius 2 is 2.00 bits per heavy atom. The Kier molecular flexibility index (Phi) is 2.56.